The molecular formula is C17H14ClFN2. The van der Waals surface area contributed by atoms with E-state index in [0.717, 1.165) is 22.2 Å². The van der Waals surface area contributed by atoms with Crippen LogP contribution in [-0.4, -0.2) is 4.98 Å². The van der Waals surface area contributed by atoms with E-state index >= 15 is 0 Å². The van der Waals surface area contributed by atoms with Gasteiger partial charge in [0.05, 0.1) is 16.2 Å². The minimum atomic E-state index is -0.226. The van der Waals surface area contributed by atoms with Crippen molar-refractivity contribution in [3.8, 4) is 0 Å². The summed E-state index contributed by atoms with van der Waals surface area (Å²) < 4.78 is 13.7. The third kappa shape index (κ3) is 2.69. The Morgan fingerprint density at radius 3 is 2.81 bits per heavy atom. The topological polar surface area (TPSA) is 24.9 Å². The maximum absolute atomic E-state index is 13.7. The van der Waals surface area contributed by atoms with Gasteiger partial charge >= 0.3 is 0 Å². The molecule has 1 N–H and O–H groups in total. The first kappa shape index (κ1) is 13.8. The molecule has 0 saturated heterocycles. The highest BCUT2D eigenvalue weighted by molar-refractivity contribution is 6.35. The van der Waals surface area contributed by atoms with Gasteiger partial charge in [-0.2, -0.15) is 0 Å². The number of anilines is 1. The fraction of sp³-hybridized carbons (Fsp3) is 0.118. The van der Waals surface area contributed by atoms with Crippen LogP contribution in [0.25, 0.3) is 10.9 Å². The number of hydrogen-bond donors (Lipinski definition) is 1. The van der Waals surface area contributed by atoms with E-state index in [1.807, 2.05) is 31.2 Å². The van der Waals surface area contributed by atoms with E-state index in [2.05, 4.69) is 10.3 Å². The molecule has 0 fully saturated rings. The Morgan fingerprint density at radius 1 is 1.19 bits per heavy atom. The molecule has 21 heavy (non-hydrogen) atoms. The Morgan fingerprint density at radius 2 is 2.00 bits per heavy atom. The van der Waals surface area contributed by atoms with Gasteiger partial charge in [-0.15, -0.1) is 0 Å². The van der Waals surface area contributed by atoms with E-state index in [9.17, 15) is 4.39 Å². The molecule has 0 bridgehead atoms. The zero-order valence-corrected chi connectivity index (χ0v) is 12.3. The summed E-state index contributed by atoms with van der Waals surface area (Å²) in [5.74, 6) is -0.226. The van der Waals surface area contributed by atoms with Crippen LogP contribution in [0.4, 0.5) is 10.1 Å². The maximum atomic E-state index is 13.7. The highest BCUT2D eigenvalue weighted by Gasteiger charge is 2.10. The highest BCUT2D eigenvalue weighted by atomic mass is 35.5. The summed E-state index contributed by atoms with van der Waals surface area (Å²) in [4.78, 5) is 4.38. The predicted octanol–water partition coefficient (Wildman–Crippen LogP) is 4.95. The number of pyridine rings is 1. The lowest BCUT2D eigenvalue weighted by Gasteiger charge is -2.13. The lowest BCUT2D eigenvalue weighted by molar-refractivity contribution is 0.613. The largest absolute Gasteiger partial charge is 0.379 e. The monoisotopic (exact) mass is 300 g/mol. The molecule has 1 heterocycles. The van der Waals surface area contributed by atoms with Crippen molar-refractivity contribution in [2.45, 2.75) is 13.5 Å². The standard InChI is InChI=1S/C17H14ClFN2/c1-11-9-14(18)17(13-6-4-8-20-16(11)13)21-10-12-5-2-3-7-15(12)19/h2-9,21H,10H2,1H3. The summed E-state index contributed by atoms with van der Waals surface area (Å²) in [6.07, 6.45) is 1.75. The molecule has 0 radical (unpaired) electrons. The van der Waals surface area contributed by atoms with Gasteiger partial charge < -0.3 is 5.32 Å². The molecule has 1 aromatic heterocycles. The molecule has 0 unspecified atom stereocenters. The number of rotatable bonds is 3. The maximum Gasteiger partial charge on any atom is 0.128 e. The number of benzene rings is 2. The second-order valence-corrected chi connectivity index (χ2v) is 5.30. The summed E-state index contributed by atoms with van der Waals surface area (Å²) >= 11 is 6.33. The van der Waals surface area contributed by atoms with Crippen molar-refractivity contribution < 1.29 is 4.39 Å². The molecule has 3 aromatic rings. The van der Waals surface area contributed by atoms with Gasteiger partial charge in [0.15, 0.2) is 0 Å². The molecule has 0 atom stereocenters. The number of aromatic nitrogens is 1. The van der Waals surface area contributed by atoms with E-state index < -0.39 is 0 Å². The quantitative estimate of drug-likeness (QED) is 0.740. The van der Waals surface area contributed by atoms with Crippen LogP contribution >= 0.6 is 11.6 Å². The molecule has 2 aromatic carbocycles. The van der Waals surface area contributed by atoms with Crippen LogP contribution in [0.15, 0.2) is 48.7 Å². The highest BCUT2D eigenvalue weighted by Crippen LogP contribution is 2.33. The Labute approximate surface area is 127 Å². The van der Waals surface area contributed by atoms with Crippen molar-refractivity contribution in [1.29, 1.82) is 0 Å². The van der Waals surface area contributed by atoms with Crippen molar-refractivity contribution in [3.63, 3.8) is 0 Å². The smallest absolute Gasteiger partial charge is 0.128 e. The summed E-state index contributed by atoms with van der Waals surface area (Å²) in [7, 11) is 0. The van der Waals surface area contributed by atoms with Gasteiger partial charge in [-0.25, -0.2) is 4.39 Å². The fourth-order valence-corrected chi connectivity index (χ4v) is 2.72. The molecule has 0 amide bonds. The summed E-state index contributed by atoms with van der Waals surface area (Å²) in [6.45, 7) is 2.35. The van der Waals surface area contributed by atoms with E-state index in [4.69, 9.17) is 11.6 Å². The number of nitrogens with one attached hydrogen (secondary N) is 1. The molecule has 0 saturated carbocycles. The lowest BCUT2D eigenvalue weighted by Crippen LogP contribution is -2.03. The second kappa shape index (κ2) is 5.70. The van der Waals surface area contributed by atoms with Crippen LogP contribution in [0, 0.1) is 12.7 Å². The Bertz CT molecular complexity index is 802. The molecule has 2 nitrogen and oxygen atoms in total. The van der Waals surface area contributed by atoms with Gasteiger partial charge in [-0.3, -0.25) is 4.98 Å². The van der Waals surface area contributed by atoms with Crippen LogP contribution in [0.2, 0.25) is 5.02 Å². The van der Waals surface area contributed by atoms with Gasteiger partial charge in [0.2, 0.25) is 0 Å². The summed E-state index contributed by atoms with van der Waals surface area (Å²) in [5, 5.41) is 4.79. The number of hydrogen-bond acceptors (Lipinski definition) is 2. The minimum absolute atomic E-state index is 0.226. The average molecular weight is 301 g/mol. The first-order valence-electron chi connectivity index (χ1n) is 6.68. The second-order valence-electron chi connectivity index (χ2n) is 4.89. The SMILES string of the molecule is Cc1cc(Cl)c(NCc2ccccc2F)c2cccnc12. The first-order chi connectivity index (χ1) is 10.2. The summed E-state index contributed by atoms with van der Waals surface area (Å²) in [5.41, 5.74) is 3.31. The molecule has 0 aliphatic carbocycles. The normalized spacial score (nSPS) is 10.8. The third-order valence-corrected chi connectivity index (χ3v) is 3.74. The van der Waals surface area contributed by atoms with Crippen molar-refractivity contribution in [2.75, 3.05) is 5.32 Å². The van der Waals surface area contributed by atoms with E-state index in [1.165, 1.54) is 6.07 Å². The molecule has 0 spiro atoms. The van der Waals surface area contributed by atoms with Crippen LogP contribution < -0.4 is 5.32 Å². The van der Waals surface area contributed by atoms with E-state index in [1.54, 1.807) is 18.3 Å². The van der Waals surface area contributed by atoms with Crippen molar-refractivity contribution in [3.05, 3.63) is 70.6 Å². The van der Waals surface area contributed by atoms with Crippen molar-refractivity contribution in [2.24, 2.45) is 0 Å². The van der Waals surface area contributed by atoms with E-state index in [0.29, 0.717) is 17.1 Å². The Balaban J connectivity index is 1.99. The lowest BCUT2D eigenvalue weighted by atomic mass is 10.1. The van der Waals surface area contributed by atoms with Crippen molar-refractivity contribution >= 4 is 28.2 Å². The van der Waals surface area contributed by atoms with Gasteiger partial charge in [0, 0.05) is 23.7 Å². The van der Waals surface area contributed by atoms with Crippen LogP contribution in [0.3, 0.4) is 0 Å². The van der Waals surface area contributed by atoms with Crippen LogP contribution in [0.5, 0.6) is 0 Å². The van der Waals surface area contributed by atoms with E-state index in [-0.39, 0.29) is 5.82 Å². The predicted molar refractivity (Wildman–Crippen MR) is 85.2 cm³/mol. The number of halogens is 2. The van der Waals surface area contributed by atoms with Gasteiger partial charge in [-0.1, -0.05) is 29.8 Å². The molecule has 4 heteroatoms. The van der Waals surface area contributed by atoms with Crippen LogP contribution in [-0.2, 0) is 6.54 Å². The Kier molecular flexibility index (Phi) is 3.76. The minimum Gasteiger partial charge on any atom is -0.379 e. The zero-order chi connectivity index (χ0) is 14.8. The molecule has 106 valence electrons. The van der Waals surface area contributed by atoms with Gasteiger partial charge in [-0.05, 0) is 36.8 Å². The molecule has 3 rings (SSSR count). The molecular weight excluding hydrogens is 287 g/mol. The number of fused-ring (bicyclic) bond motifs is 1. The number of nitrogens with zero attached hydrogens (tertiary/aromatic N) is 1. The third-order valence-electron chi connectivity index (χ3n) is 3.45. The summed E-state index contributed by atoms with van der Waals surface area (Å²) in [6, 6.07) is 12.4. The fourth-order valence-electron chi connectivity index (χ4n) is 2.39. The first-order valence-corrected chi connectivity index (χ1v) is 7.05. The van der Waals surface area contributed by atoms with Gasteiger partial charge in [0.1, 0.15) is 5.82 Å². The Hall–Kier alpha value is -2.13. The molecule has 0 aliphatic rings. The van der Waals surface area contributed by atoms with Crippen molar-refractivity contribution in [1.82, 2.24) is 4.98 Å². The zero-order valence-electron chi connectivity index (χ0n) is 11.5. The molecule has 0 aliphatic heterocycles. The van der Waals surface area contributed by atoms with Crippen LogP contribution in [0.1, 0.15) is 11.1 Å². The average Bonchev–Trinajstić information content (AvgIpc) is 2.49. The van der Waals surface area contributed by atoms with Gasteiger partial charge in [0.25, 0.3) is 0 Å². The number of aryl methyl sites for hydroxylation is 1.